The Morgan fingerprint density at radius 1 is 1.21 bits per heavy atom. The zero-order valence-electron chi connectivity index (χ0n) is 10.9. The molecule has 1 amide bonds. The van der Waals surface area contributed by atoms with E-state index in [4.69, 9.17) is 5.73 Å². The summed E-state index contributed by atoms with van der Waals surface area (Å²) < 4.78 is 13.7. The topological polar surface area (TPSA) is 46.3 Å². The van der Waals surface area contributed by atoms with Crippen molar-refractivity contribution in [2.45, 2.75) is 6.92 Å². The molecule has 2 N–H and O–H groups in total. The number of nitrogens with two attached hydrogens (primary N) is 1. The van der Waals surface area contributed by atoms with Crippen LogP contribution in [0.3, 0.4) is 0 Å². The van der Waals surface area contributed by atoms with Crippen LogP contribution in [0.5, 0.6) is 0 Å². The number of para-hydroxylation sites is 1. The summed E-state index contributed by atoms with van der Waals surface area (Å²) >= 11 is 0. The summed E-state index contributed by atoms with van der Waals surface area (Å²) in [5.74, 6) is -0.686. The van der Waals surface area contributed by atoms with E-state index in [-0.39, 0.29) is 11.6 Å². The highest BCUT2D eigenvalue weighted by Gasteiger charge is 2.17. The Kier molecular flexibility index (Phi) is 3.51. The molecular weight excluding hydrogens is 243 g/mol. The molecule has 3 nitrogen and oxygen atoms in total. The van der Waals surface area contributed by atoms with Crippen LogP contribution in [0.4, 0.5) is 15.8 Å². The summed E-state index contributed by atoms with van der Waals surface area (Å²) in [6.07, 6.45) is 0. The molecule has 0 atom stereocenters. The fourth-order valence-corrected chi connectivity index (χ4v) is 1.94. The molecule has 0 aromatic heterocycles. The summed E-state index contributed by atoms with van der Waals surface area (Å²) in [5, 5.41) is 0. The summed E-state index contributed by atoms with van der Waals surface area (Å²) in [4.78, 5) is 13.6. The maximum Gasteiger partial charge on any atom is 0.258 e. The third kappa shape index (κ3) is 2.57. The first-order chi connectivity index (χ1) is 9.00. The van der Waals surface area contributed by atoms with Crippen molar-refractivity contribution >= 4 is 17.3 Å². The quantitative estimate of drug-likeness (QED) is 0.842. The molecule has 0 saturated carbocycles. The molecule has 19 heavy (non-hydrogen) atoms. The number of benzene rings is 2. The van der Waals surface area contributed by atoms with Crippen molar-refractivity contribution in [2.75, 3.05) is 17.7 Å². The van der Waals surface area contributed by atoms with E-state index in [1.54, 1.807) is 50.4 Å². The lowest BCUT2D eigenvalue weighted by Gasteiger charge is -2.19. The minimum atomic E-state index is -0.425. The minimum Gasteiger partial charge on any atom is -0.399 e. The van der Waals surface area contributed by atoms with E-state index in [1.807, 2.05) is 0 Å². The molecule has 0 spiro atoms. The summed E-state index contributed by atoms with van der Waals surface area (Å²) in [7, 11) is 1.55. The molecule has 0 heterocycles. The lowest BCUT2D eigenvalue weighted by molar-refractivity contribution is 0.0991. The Labute approximate surface area is 111 Å². The number of halogens is 1. The van der Waals surface area contributed by atoms with Gasteiger partial charge in [0.2, 0.25) is 0 Å². The predicted octanol–water partition coefficient (Wildman–Crippen LogP) is 2.99. The van der Waals surface area contributed by atoms with E-state index in [0.717, 1.165) is 5.56 Å². The summed E-state index contributed by atoms with van der Waals surface area (Å²) in [6.45, 7) is 1.80. The predicted molar refractivity (Wildman–Crippen MR) is 74.7 cm³/mol. The van der Waals surface area contributed by atoms with Crippen molar-refractivity contribution in [3.8, 4) is 0 Å². The van der Waals surface area contributed by atoms with Crippen molar-refractivity contribution in [2.24, 2.45) is 0 Å². The van der Waals surface area contributed by atoms with Gasteiger partial charge in [-0.05, 0) is 42.8 Å². The average molecular weight is 258 g/mol. The van der Waals surface area contributed by atoms with Gasteiger partial charge < -0.3 is 10.6 Å². The zero-order valence-corrected chi connectivity index (χ0v) is 10.9. The van der Waals surface area contributed by atoms with Gasteiger partial charge in [0, 0.05) is 18.3 Å². The van der Waals surface area contributed by atoms with Crippen LogP contribution in [0, 0.1) is 12.7 Å². The van der Waals surface area contributed by atoms with Crippen LogP contribution >= 0.6 is 0 Å². The molecule has 2 aromatic carbocycles. The van der Waals surface area contributed by atoms with Crippen molar-refractivity contribution in [1.29, 1.82) is 0 Å². The Bertz CT molecular complexity index is 625. The number of carbonyl (C=O) groups is 1. The normalized spacial score (nSPS) is 10.3. The second-order valence-electron chi connectivity index (χ2n) is 4.39. The van der Waals surface area contributed by atoms with Crippen LogP contribution in [0.25, 0.3) is 0 Å². The van der Waals surface area contributed by atoms with Gasteiger partial charge in [-0.25, -0.2) is 4.39 Å². The molecule has 0 saturated heterocycles. The molecule has 4 heteroatoms. The van der Waals surface area contributed by atoms with Gasteiger partial charge in [0.1, 0.15) is 5.82 Å². The zero-order chi connectivity index (χ0) is 14.0. The molecule has 2 rings (SSSR count). The van der Waals surface area contributed by atoms with Crippen LogP contribution in [0.2, 0.25) is 0 Å². The number of anilines is 2. The number of hydrogen-bond donors (Lipinski definition) is 1. The maximum absolute atomic E-state index is 13.7. The second-order valence-corrected chi connectivity index (χ2v) is 4.39. The monoisotopic (exact) mass is 258 g/mol. The number of nitrogens with zero attached hydrogens (tertiary/aromatic N) is 1. The van der Waals surface area contributed by atoms with Gasteiger partial charge in [0.25, 0.3) is 5.91 Å². The molecule has 0 aliphatic heterocycles. The first-order valence-corrected chi connectivity index (χ1v) is 5.89. The van der Waals surface area contributed by atoms with Crippen LogP contribution in [-0.4, -0.2) is 13.0 Å². The minimum absolute atomic E-state index is 0.253. The third-order valence-corrected chi connectivity index (χ3v) is 3.00. The van der Waals surface area contributed by atoms with E-state index in [1.165, 1.54) is 11.0 Å². The van der Waals surface area contributed by atoms with Crippen LogP contribution < -0.4 is 10.6 Å². The van der Waals surface area contributed by atoms with Crippen LogP contribution in [0.1, 0.15) is 15.9 Å². The Morgan fingerprint density at radius 2 is 1.89 bits per heavy atom. The highest BCUT2D eigenvalue weighted by Crippen LogP contribution is 2.21. The molecule has 0 radical (unpaired) electrons. The SMILES string of the molecule is Cc1cc(N)ccc1C(=O)N(C)c1ccccc1F. The molecule has 0 bridgehead atoms. The number of carbonyl (C=O) groups excluding carboxylic acids is 1. The number of nitrogen functional groups attached to an aromatic ring is 1. The largest absolute Gasteiger partial charge is 0.399 e. The standard InChI is InChI=1S/C15H15FN2O/c1-10-9-11(17)7-8-12(10)15(19)18(2)14-6-4-3-5-13(14)16/h3-9H,17H2,1-2H3. The second kappa shape index (κ2) is 5.10. The summed E-state index contributed by atoms with van der Waals surface area (Å²) in [6, 6.07) is 11.2. The molecular formula is C15H15FN2O. The number of amides is 1. The first-order valence-electron chi connectivity index (χ1n) is 5.89. The van der Waals surface area contributed by atoms with Crippen molar-refractivity contribution < 1.29 is 9.18 Å². The van der Waals surface area contributed by atoms with Gasteiger partial charge >= 0.3 is 0 Å². The van der Waals surface area contributed by atoms with E-state index in [2.05, 4.69) is 0 Å². The lowest BCUT2D eigenvalue weighted by atomic mass is 10.1. The Balaban J connectivity index is 2.37. The number of hydrogen-bond acceptors (Lipinski definition) is 2. The molecule has 0 unspecified atom stereocenters. The first kappa shape index (κ1) is 13.1. The molecule has 0 aliphatic rings. The highest BCUT2D eigenvalue weighted by atomic mass is 19.1. The van der Waals surface area contributed by atoms with E-state index < -0.39 is 5.82 Å². The van der Waals surface area contributed by atoms with Gasteiger partial charge in [-0.2, -0.15) is 0 Å². The van der Waals surface area contributed by atoms with Gasteiger partial charge in [-0.1, -0.05) is 12.1 Å². The average Bonchev–Trinajstić information content (AvgIpc) is 2.38. The lowest BCUT2D eigenvalue weighted by Crippen LogP contribution is -2.27. The fourth-order valence-electron chi connectivity index (χ4n) is 1.94. The fraction of sp³-hybridized carbons (Fsp3) is 0.133. The molecule has 98 valence electrons. The molecule has 0 fully saturated rings. The van der Waals surface area contributed by atoms with Gasteiger partial charge in [-0.3, -0.25) is 4.79 Å². The smallest absolute Gasteiger partial charge is 0.258 e. The van der Waals surface area contributed by atoms with Crippen molar-refractivity contribution in [3.63, 3.8) is 0 Å². The van der Waals surface area contributed by atoms with Crippen LogP contribution in [-0.2, 0) is 0 Å². The maximum atomic E-state index is 13.7. The molecule has 2 aromatic rings. The third-order valence-electron chi connectivity index (χ3n) is 3.00. The van der Waals surface area contributed by atoms with E-state index in [9.17, 15) is 9.18 Å². The van der Waals surface area contributed by atoms with Gasteiger partial charge in [0.05, 0.1) is 5.69 Å². The van der Waals surface area contributed by atoms with Gasteiger partial charge in [-0.15, -0.1) is 0 Å². The van der Waals surface area contributed by atoms with E-state index >= 15 is 0 Å². The van der Waals surface area contributed by atoms with E-state index in [0.29, 0.717) is 11.3 Å². The number of aryl methyl sites for hydroxylation is 1. The number of rotatable bonds is 2. The Morgan fingerprint density at radius 3 is 2.53 bits per heavy atom. The van der Waals surface area contributed by atoms with Crippen LogP contribution in [0.15, 0.2) is 42.5 Å². The highest BCUT2D eigenvalue weighted by molar-refractivity contribution is 6.06. The Hall–Kier alpha value is -2.36. The van der Waals surface area contributed by atoms with Crippen molar-refractivity contribution in [1.82, 2.24) is 0 Å². The molecule has 0 aliphatic carbocycles. The van der Waals surface area contributed by atoms with Gasteiger partial charge in [0.15, 0.2) is 0 Å². The van der Waals surface area contributed by atoms with Crippen molar-refractivity contribution in [3.05, 3.63) is 59.4 Å². The summed E-state index contributed by atoms with van der Waals surface area (Å²) in [5.41, 5.74) is 7.79.